The lowest BCUT2D eigenvalue weighted by Gasteiger charge is -2.39. The van der Waals surface area contributed by atoms with Crippen molar-refractivity contribution in [1.29, 1.82) is 0 Å². The van der Waals surface area contributed by atoms with Crippen molar-refractivity contribution in [2.24, 2.45) is 17.3 Å². The summed E-state index contributed by atoms with van der Waals surface area (Å²) < 4.78 is 6.00. The fraction of sp³-hybridized carbons (Fsp3) is 0.950. The minimum atomic E-state index is -0.583. The van der Waals surface area contributed by atoms with Crippen LogP contribution < -0.4 is 0 Å². The maximum Gasteiger partial charge on any atom is 0.309 e. The quantitative estimate of drug-likeness (QED) is 0.0715. The number of carboxylic acid groups (broad SMARTS) is 1. The molecule has 3 unspecified atom stereocenters. The number of rotatable bonds is 26. The van der Waals surface area contributed by atoms with Gasteiger partial charge in [-0.05, 0) is 95.7 Å². The molecule has 272 valence electrons. The molecule has 1 aliphatic heterocycles. The Morgan fingerprint density at radius 1 is 0.696 bits per heavy atom. The Bertz CT molecular complexity index is 735. The van der Waals surface area contributed by atoms with E-state index in [9.17, 15) is 14.7 Å². The molecule has 0 amide bonds. The lowest BCUT2D eigenvalue weighted by Crippen LogP contribution is -2.39. The monoisotopic (exact) mass is 652 g/mol. The van der Waals surface area contributed by atoms with Crippen molar-refractivity contribution >= 4 is 11.9 Å². The Kier molecular flexibility index (Phi) is 25.9. The highest BCUT2D eigenvalue weighted by Gasteiger charge is 2.42. The first-order valence-electron chi connectivity index (χ1n) is 20.1. The topological polar surface area (TPSA) is 87.1 Å². The summed E-state index contributed by atoms with van der Waals surface area (Å²) >= 11 is 0. The summed E-state index contributed by atoms with van der Waals surface area (Å²) in [6.07, 6.45) is 30.2. The minimum Gasteiger partial charge on any atom is -0.481 e. The molecule has 0 aromatic rings. The average Bonchev–Trinajstić information content (AvgIpc) is 3.44. The molecule has 46 heavy (non-hydrogen) atoms. The van der Waals surface area contributed by atoms with E-state index in [0.29, 0.717) is 12.0 Å². The van der Waals surface area contributed by atoms with Crippen LogP contribution in [0.4, 0.5) is 0 Å². The second kappa shape index (κ2) is 27.8. The molecule has 0 bridgehead atoms. The van der Waals surface area contributed by atoms with Gasteiger partial charge >= 0.3 is 11.9 Å². The van der Waals surface area contributed by atoms with Crippen LogP contribution in [0, 0.1) is 17.3 Å². The zero-order chi connectivity index (χ0) is 33.9. The Hall–Kier alpha value is -1.14. The van der Waals surface area contributed by atoms with Gasteiger partial charge in [-0.25, -0.2) is 0 Å². The SMILES string of the molecule is CCCCCCCC(CC)C(=O)OC1CCC2(CCN(CCCCO)CC2)C1.CCCCCCCCC(CCCCCC)C(=O)O. The molecule has 1 spiro atoms. The highest BCUT2D eigenvalue weighted by atomic mass is 16.5. The van der Waals surface area contributed by atoms with E-state index in [2.05, 4.69) is 32.6 Å². The third-order valence-corrected chi connectivity index (χ3v) is 10.9. The predicted octanol–water partition coefficient (Wildman–Crippen LogP) is 10.7. The number of esters is 1. The summed E-state index contributed by atoms with van der Waals surface area (Å²) in [7, 11) is 0. The van der Waals surface area contributed by atoms with Crippen molar-refractivity contribution in [3.63, 3.8) is 0 Å². The van der Waals surface area contributed by atoms with E-state index >= 15 is 0 Å². The zero-order valence-electron chi connectivity index (χ0n) is 31.0. The van der Waals surface area contributed by atoms with Gasteiger partial charge in [-0.3, -0.25) is 9.59 Å². The van der Waals surface area contributed by atoms with E-state index in [1.54, 1.807) is 0 Å². The number of piperidine rings is 1. The molecule has 0 aromatic heterocycles. The average molecular weight is 652 g/mol. The summed E-state index contributed by atoms with van der Waals surface area (Å²) in [5.41, 5.74) is 0.417. The van der Waals surface area contributed by atoms with Gasteiger partial charge in [0.05, 0.1) is 11.8 Å². The van der Waals surface area contributed by atoms with Crippen LogP contribution in [0.1, 0.15) is 195 Å². The maximum atomic E-state index is 12.7. The molecule has 0 radical (unpaired) electrons. The van der Waals surface area contributed by atoms with Crippen LogP contribution in [0.15, 0.2) is 0 Å². The highest BCUT2D eigenvalue weighted by molar-refractivity contribution is 5.72. The van der Waals surface area contributed by atoms with Gasteiger partial charge in [-0.2, -0.15) is 0 Å². The number of nitrogens with zero attached hydrogens (tertiary/aromatic N) is 1. The predicted molar refractivity (Wildman–Crippen MR) is 193 cm³/mol. The molecule has 6 nitrogen and oxygen atoms in total. The van der Waals surface area contributed by atoms with Crippen LogP contribution in [0.3, 0.4) is 0 Å². The standard InChI is InChI=1S/C24H45NO3.C16H32O2/c1-3-5-6-7-8-11-21(4-2)23(27)28-22-12-13-24(20-22)14-17-25(18-15-24)16-9-10-19-26;1-3-5-7-9-10-12-14-15(16(17)18)13-11-8-6-4-2/h21-22,26H,3-20H2,1-2H3;15H,3-14H2,1-2H3,(H,17,18). The molecular weight excluding hydrogens is 574 g/mol. The second-order valence-electron chi connectivity index (χ2n) is 14.8. The van der Waals surface area contributed by atoms with Crippen LogP contribution in [0.25, 0.3) is 0 Å². The van der Waals surface area contributed by atoms with Crippen molar-refractivity contribution in [1.82, 2.24) is 4.90 Å². The maximum absolute atomic E-state index is 12.7. The number of hydrogen-bond acceptors (Lipinski definition) is 5. The normalized spacial score (nSPS) is 19.0. The van der Waals surface area contributed by atoms with Gasteiger partial charge in [0.1, 0.15) is 6.10 Å². The van der Waals surface area contributed by atoms with Gasteiger partial charge in [0, 0.05) is 6.61 Å². The lowest BCUT2D eigenvalue weighted by atomic mass is 9.77. The lowest BCUT2D eigenvalue weighted by molar-refractivity contribution is -0.154. The molecule has 2 aliphatic rings. The van der Waals surface area contributed by atoms with Gasteiger partial charge in [-0.1, -0.05) is 124 Å². The number of carbonyl (C=O) groups excluding carboxylic acids is 1. The van der Waals surface area contributed by atoms with E-state index in [4.69, 9.17) is 9.84 Å². The zero-order valence-corrected chi connectivity index (χ0v) is 31.0. The molecule has 1 saturated carbocycles. The molecule has 1 aliphatic carbocycles. The van der Waals surface area contributed by atoms with Crippen molar-refractivity contribution in [2.45, 2.75) is 201 Å². The number of aliphatic hydroxyl groups excluding tert-OH is 1. The van der Waals surface area contributed by atoms with Crippen LogP contribution in [0.5, 0.6) is 0 Å². The van der Waals surface area contributed by atoms with E-state index in [1.165, 1.54) is 109 Å². The van der Waals surface area contributed by atoms with Gasteiger partial charge < -0.3 is 19.8 Å². The number of unbranched alkanes of at least 4 members (excludes halogenated alkanes) is 13. The Morgan fingerprint density at radius 2 is 1.20 bits per heavy atom. The first-order chi connectivity index (χ1) is 22.3. The van der Waals surface area contributed by atoms with Crippen molar-refractivity contribution in [2.75, 3.05) is 26.2 Å². The van der Waals surface area contributed by atoms with Crippen molar-refractivity contribution in [3.8, 4) is 0 Å². The number of carboxylic acids is 1. The van der Waals surface area contributed by atoms with Crippen LogP contribution >= 0.6 is 0 Å². The third kappa shape index (κ3) is 19.6. The first-order valence-corrected chi connectivity index (χ1v) is 20.1. The third-order valence-electron chi connectivity index (χ3n) is 10.9. The van der Waals surface area contributed by atoms with E-state index in [0.717, 1.165) is 77.2 Å². The minimum absolute atomic E-state index is 0.0708. The molecule has 2 N–H and O–H groups in total. The van der Waals surface area contributed by atoms with Crippen molar-refractivity contribution in [3.05, 3.63) is 0 Å². The van der Waals surface area contributed by atoms with Crippen LogP contribution in [-0.4, -0.2) is 59.4 Å². The highest BCUT2D eigenvalue weighted by Crippen LogP contribution is 2.47. The van der Waals surface area contributed by atoms with E-state index < -0.39 is 5.97 Å². The molecule has 6 heteroatoms. The molecule has 3 atom stereocenters. The molecular formula is C40H77NO5. The van der Waals surface area contributed by atoms with Gasteiger partial charge in [0.25, 0.3) is 0 Å². The van der Waals surface area contributed by atoms with E-state index in [-0.39, 0.29) is 23.9 Å². The number of aliphatic carboxylic acids is 1. The van der Waals surface area contributed by atoms with Gasteiger partial charge in [0.2, 0.25) is 0 Å². The summed E-state index contributed by atoms with van der Waals surface area (Å²) in [6, 6.07) is 0. The summed E-state index contributed by atoms with van der Waals surface area (Å²) in [6.45, 7) is 12.5. The van der Waals surface area contributed by atoms with Crippen molar-refractivity contribution < 1.29 is 24.5 Å². The number of hydrogen-bond donors (Lipinski definition) is 2. The van der Waals surface area contributed by atoms with Crippen LogP contribution in [0.2, 0.25) is 0 Å². The number of carbonyl (C=O) groups is 2. The number of ether oxygens (including phenoxy) is 1. The largest absolute Gasteiger partial charge is 0.481 e. The molecule has 2 rings (SSSR count). The number of likely N-dealkylation sites (tertiary alicyclic amines) is 1. The van der Waals surface area contributed by atoms with Gasteiger partial charge in [0.15, 0.2) is 0 Å². The first kappa shape index (κ1) is 42.9. The second-order valence-corrected chi connectivity index (χ2v) is 14.8. The molecule has 2 fully saturated rings. The van der Waals surface area contributed by atoms with Crippen LogP contribution in [-0.2, 0) is 14.3 Å². The Labute approximate surface area is 285 Å². The van der Waals surface area contributed by atoms with E-state index in [1.807, 2.05) is 0 Å². The Balaban J connectivity index is 0.000000510. The fourth-order valence-corrected chi connectivity index (χ4v) is 7.53. The molecule has 1 saturated heterocycles. The molecule has 1 heterocycles. The Morgan fingerprint density at radius 3 is 1.70 bits per heavy atom. The molecule has 0 aromatic carbocycles. The number of aliphatic hydroxyl groups is 1. The summed E-state index contributed by atoms with van der Waals surface area (Å²) in [4.78, 5) is 26.3. The summed E-state index contributed by atoms with van der Waals surface area (Å²) in [5, 5.41) is 18.1. The fourth-order valence-electron chi connectivity index (χ4n) is 7.53. The smallest absolute Gasteiger partial charge is 0.309 e. The van der Waals surface area contributed by atoms with Gasteiger partial charge in [-0.15, -0.1) is 0 Å². The summed E-state index contributed by atoms with van der Waals surface area (Å²) in [5.74, 6) is -0.499.